The summed E-state index contributed by atoms with van der Waals surface area (Å²) < 4.78 is 10.3. The molecule has 0 fully saturated rings. The Morgan fingerprint density at radius 3 is 2.56 bits per heavy atom. The first kappa shape index (κ1) is 12.2. The van der Waals surface area contributed by atoms with Crippen molar-refractivity contribution in [1.82, 2.24) is 0 Å². The largest absolute Gasteiger partial charge is 0.496 e. The Kier molecular flexibility index (Phi) is 3.63. The number of hydrogen-bond donors (Lipinski definition) is 0. The lowest BCUT2D eigenvalue weighted by Crippen LogP contribution is -2.05. The van der Waals surface area contributed by atoms with Gasteiger partial charge in [0, 0.05) is 6.07 Å². The molecule has 0 N–H and O–H groups in total. The van der Waals surface area contributed by atoms with Gasteiger partial charge in [-0.15, -0.1) is 0 Å². The molecule has 0 saturated heterocycles. The third-order valence-electron chi connectivity index (χ3n) is 2.62. The molecule has 1 aromatic carbocycles. The SMILES string of the molecule is COc1cc(/C=C/c2ccccc2)oc(=O)c1C. The van der Waals surface area contributed by atoms with Crippen LogP contribution in [0.3, 0.4) is 0 Å². The minimum atomic E-state index is -0.373. The molecule has 0 saturated carbocycles. The lowest BCUT2D eigenvalue weighted by Gasteiger charge is -2.03. The molecule has 0 amide bonds. The van der Waals surface area contributed by atoms with Crippen molar-refractivity contribution >= 4 is 12.2 Å². The Morgan fingerprint density at radius 1 is 1.17 bits per heavy atom. The summed E-state index contributed by atoms with van der Waals surface area (Å²) in [6.07, 6.45) is 3.63. The molecule has 0 spiro atoms. The molecule has 0 aliphatic heterocycles. The normalized spacial score (nSPS) is 10.8. The van der Waals surface area contributed by atoms with Gasteiger partial charge in [0.25, 0.3) is 0 Å². The van der Waals surface area contributed by atoms with E-state index in [9.17, 15) is 4.79 Å². The van der Waals surface area contributed by atoms with Gasteiger partial charge >= 0.3 is 5.63 Å². The zero-order chi connectivity index (χ0) is 13.0. The van der Waals surface area contributed by atoms with E-state index in [4.69, 9.17) is 9.15 Å². The maximum absolute atomic E-state index is 11.6. The fourth-order valence-corrected chi connectivity index (χ4v) is 1.59. The summed E-state index contributed by atoms with van der Waals surface area (Å²) in [5.41, 5.74) is 1.15. The van der Waals surface area contributed by atoms with E-state index in [2.05, 4.69) is 0 Å². The monoisotopic (exact) mass is 242 g/mol. The van der Waals surface area contributed by atoms with E-state index >= 15 is 0 Å². The zero-order valence-electron chi connectivity index (χ0n) is 10.3. The van der Waals surface area contributed by atoms with E-state index in [1.54, 1.807) is 19.1 Å². The van der Waals surface area contributed by atoms with Crippen LogP contribution >= 0.6 is 0 Å². The minimum absolute atomic E-state index is 0.373. The molecule has 0 bridgehead atoms. The third-order valence-corrected chi connectivity index (χ3v) is 2.62. The maximum atomic E-state index is 11.6. The molecule has 0 radical (unpaired) electrons. The van der Waals surface area contributed by atoms with Crippen molar-refractivity contribution < 1.29 is 9.15 Å². The Hall–Kier alpha value is -2.29. The van der Waals surface area contributed by atoms with Crippen LogP contribution in [0.15, 0.2) is 45.6 Å². The van der Waals surface area contributed by atoms with Crippen LogP contribution in [0.4, 0.5) is 0 Å². The topological polar surface area (TPSA) is 39.4 Å². The number of benzene rings is 1. The predicted octanol–water partition coefficient (Wildman–Crippen LogP) is 3.13. The lowest BCUT2D eigenvalue weighted by molar-refractivity contribution is 0.395. The molecule has 0 atom stereocenters. The van der Waals surface area contributed by atoms with Crippen LogP contribution in [0, 0.1) is 6.92 Å². The molecule has 92 valence electrons. The van der Waals surface area contributed by atoms with Gasteiger partial charge in [0.1, 0.15) is 11.5 Å². The molecule has 0 aliphatic carbocycles. The van der Waals surface area contributed by atoms with Gasteiger partial charge in [-0.1, -0.05) is 36.4 Å². The maximum Gasteiger partial charge on any atom is 0.342 e. The molecule has 0 unspecified atom stereocenters. The van der Waals surface area contributed by atoms with Gasteiger partial charge in [-0.3, -0.25) is 0 Å². The molecule has 3 heteroatoms. The first-order valence-corrected chi connectivity index (χ1v) is 5.62. The predicted molar refractivity (Wildman–Crippen MR) is 71.6 cm³/mol. The summed E-state index contributed by atoms with van der Waals surface area (Å²) >= 11 is 0. The summed E-state index contributed by atoms with van der Waals surface area (Å²) in [6.45, 7) is 1.68. The van der Waals surface area contributed by atoms with E-state index in [0.29, 0.717) is 17.1 Å². The van der Waals surface area contributed by atoms with Crippen LogP contribution in [0.1, 0.15) is 16.9 Å². The first-order chi connectivity index (χ1) is 8.70. The Balaban J connectivity index is 2.33. The smallest absolute Gasteiger partial charge is 0.342 e. The molecule has 3 nitrogen and oxygen atoms in total. The average molecular weight is 242 g/mol. The fourth-order valence-electron chi connectivity index (χ4n) is 1.59. The van der Waals surface area contributed by atoms with Gasteiger partial charge < -0.3 is 9.15 Å². The van der Waals surface area contributed by atoms with Crippen LogP contribution in [-0.4, -0.2) is 7.11 Å². The van der Waals surface area contributed by atoms with Gasteiger partial charge in [0.05, 0.1) is 12.7 Å². The van der Waals surface area contributed by atoms with Gasteiger partial charge in [-0.05, 0) is 18.6 Å². The van der Waals surface area contributed by atoms with Crippen LogP contribution in [0.5, 0.6) is 5.75 Å². The average Bonchev–Trinajstić information content (AvgIpc) is 2.41. The van der Waals surface area contributed by atoms with Crippen LogP contribution < -0.4 is 10.4 Å². The number of rotatable bonds is 3. The van der Waals surface area contributed by atoms with E-state index in [1.165, 1.54) is 7.11 Å². The molecular formula is C15H14O3. The summed E-state index contributed by atoms with van der Waals surface area (Å²) in [5, 5.41) is 0. The van der Waals surface area contributed by atoms with Crippen LogP contribution in [-0.2, 0) is 0 Å². The van der Waals surface area contributed by atoms with E-state index < -0.39 is 0 Å². The Bertz CT molecular complexity index is 609. The summed E-state index contributed by atoms with van der Waals surface area (Å²) in [7, 11) is 1.53. The number of hydrogen-bond acceptors (Lipinski definition) is 3. The highest BCUT2D eigenvalue weighted by molar-refractivity contribution is 5.67. The van der Waals surface area contributed by atoms with Gasteiger partial charge in [-0.25, -0.2) is 4.79 Å². The van der Waals surface area contributed by atoms with Crippen molar-refractivity contribution in [1.29, 1.82) is 0 Å². The van der Waals surface area contributed by atoms with Crippen molar-refractivity contribution in [2.45, 2.75) is 6.92 Å². The highest BCUT2D eigenvalue weighted by Gasteiger charge is 2.05. The van der Waals surface area contributed by atoms with Gasteiger partial charge in [0.2, 0.25) is 0 Å². The van der Waals surface area contributed by atoms with Crippen molar-refractivity contribution in [3.63, 3.8) is 0 Å². The molecule has 1 aromatic heterocycles. The summed E-state index contributed by atoms with van der Waals surface area (Å²) in [6, 6.07) is 11.5. The summed E-state index contributed by atoms with van der Waals surface area (Å²) in [4.78, 5) is 11.6. The van der Waals surface area contributed by atoms with Crippen molar-refractivity contribution in [2.75, 3.05) is 7.11 Å². The van der Waals surface area contributed by atoms with E-state index in [0.717, 1.165) is 5.56 Å². The van der Waals surface area contributed by atoms with Crippen LogP contribution in [0.2, 0.25) is 0 Å². The van der Waals surface area contributed by atoms with Crippen LogP contribution in [0.25, 0.3) is 12.2 Å². The molecule has 0 aliphatic rings. The van der Waals surface area contributed by atoms with Crippen molar-refractivity contribution in [2.24, 2.45) is 0 Å². The quantitative estimate of drug-likeness (QED) is 0.830. The molecule has 1 heterocycles. The van der Waals surface area contributed by atoms with Crippen molar-refractivity contribution in [3.05, 3.63) is 63.7 Å². The molecule has 2 aromatic rings. The van der Waals surface area contributed by atoms with E-state index in [-0.39, 0.29) is 5.63 Å². The first-order valence-electron chi connectivity index (χ1n) is 5.62. The molecular weight excluding hydrogens is 228 g/mol. The molecule has 18 heavy (non-hydrogen) atoms. The molecule has 2 rings (SSSR count). The minimum Gasteiger partial charge on any atom is -0.496 e. The van der Waals surface area contributed by atoms with Crippen molar-refractivity contribution in [3.8, 4) is 5.75 Å². The number of ether oxygens (including phenoxy) is 1. The van der Waals surface area contributed by atoms with E-state index in [1.807, 2.05) is 36.4 Å². The highest BCUT2D eigenvalue weighted by Crippen LogP contribution is 2.17. The lowest BCUT2D eigenvalue weighted by atomic mass is 10.2. The van der Waals surface area contributed by atoms with Gasteiger partial charge in [-0.2, -0.15) is 0 Å². The second kappa shape index (κ2) is 5.36. The second-order valence-electron chi connectivity index (χ2n) is 3.87. The Morgan fingerprint density at radius 2 is 1.89 bits per heavy atom. The second-order valence-corrected chi connectivity index (χ2v) is 3.87. The van der Waals surface area contributed by atoms with Gasteiger partial charge in [0.15, 0.2) is 0 Å². The zero-order valence-corrected chi connectivity index (χ0v) is 10.3. The Labute approximate surface area is 105 Å². The summed E-state index contributed by atoms with van der Waals surface area (Å²) in [5.74, 6) is 1.02. The fraction of sp³-hybridized carbons (Fsp3) is 0.133. The highest BCUT2D eigenvalue weighted by atomic mass is 16.5. The standard InChI is InChI=1S/C15H14O3/c1-11-14(17-2)10-13(18-15(11)16)9-8-12-6-4-3-5-7-12/h3-10H,1-2H3/b9-8+. The number of methoxy groups -OCH3 is 1. The third kappa shape index (κ3) is 2.69.